The van der Waals surface area contributed by atoms with Crippen LogP contribution >= 0.6 is 0 Å². The maximum atomic E-state index is 12.0. The summed E-state index contributed by atoms with van der Waals surface area (Å²) >= 11 is 0. The van der Waals surface area contributed by atoms with Crippen molar-refractivity contribution in [2.45, 2.75) is 19.4 Å². The van der Waals surface area contributed by atoms with E-state index in [2.05, 4.69) is 21.0 Å². The van der Waals surface area contributed by atoms with Crippen LogP contribution in [0.4, 0.5) is 9.18 Å². The highest BCUT2D eigenvalue weighted by Crippen LogP contribution is 2.17. The van der Waals surface area contributed by atoms with Crippen molar-refractivity contribution in [1.29, 1.82) is 0 Å². The molecule has 0 aliphatic carbocycles. The van der Waals surface area contributed by atoms with Gasteiger partial charge in [-0.2, -0.15) is 5.10 Å². The molecular weight excluding hydrogens is 313 g/mol. The van der Waals surface area contributed by atoms with E-state index in [1.54, 1.807) is 6.92 Å². The molecule has 1 atom stereocenters. The topological polar surface area (TPSA) is 88.1 Å². The van der Waals surface area contributed by atoms with Crippen molar-refractivity contribution in [2.75, 3.05) is 19.8 Å². The standard InChI is InChI=1S/C16H22FN5O2/c1-11(15(23)18-10-8-17)20-16(24)19-9-7-13-12-5-3-4-6-14(12)22(2)21-13/h3-6,11H,7-10H2,1-2H3,(H,18,23)(H2,19,20,24)/t11-/m1/s1. The number of nitrogens with one attached hydrogen (secondary N) is 3. The minimum atomic E-state index is -0.729. The number of benzene rings is 1. The van der Waals surface area contributed by atoms with Crippen LogP contribution in [-0.4, -0.2) is 47.5 Å². The first-order valence-electron chi connectivity index (χ1n) is 7.81. The van der Waals surface area contributed by atoms with Crippen LogP contribution in [0.2, 0.25) is 0 Å². The number of fused-ring (bicyclic) bond motifs is 1. The van der Waals surface area contributed by atoms with Gasteiger partial charge in [-0.05, 0) is 13.0 Å². The molecule has 24 heavy (non-hydrogen) atoms. The molecule has 1 aromatic heterocycles. The van der Waals surface area contributed by atoms with E-state index in [9.17, 15) is 14.0 Å². The number of rotatable bonds is 7. The Morgan fingerprint density at radius 3 is 2.75 bits per heavy atom. The Bertz CT molecular complexity index is 716. The van der Waals surface area contributed by atoms with Crippen molar-refractivity contribution in [3.8, 4) is 0 Å². The van der Waals surface area contributed by atoms with E-state index in [4.69, 9.17) is 0 Å². The molecule has 0 fully saturated rings. The number of nitrogens with zero attached hydrogens (tertiary/aromatic N) is 2. The quantitative estimate of drug-likeness (QED) is 0.702. The highest BCUT2D eigenvalue weighted by Gasteiger charge is 2.15. The normalized spacial score (nSPS) is 12.0. The minimum Gasteiger partial charge on any atom is -0.352 e. The van der Waals surface area contributed by atoms with Gasteiger partial charge in [-0.1, -0.05) is 18.2 Å². The lowest BCUT2D eigenvalue weighted by Crippen LogP contribution is -2.49. The number of para-hydroxylation sites is 1. The number of hydrogen-bond donors (Lipinski definition) is 3. The molecule has 0 radical (unpaired) electrons. The summed E-state index contributed by atoms with van der Waals surface area (Å²) in [6.07, 6.45) is 0.581. The molecule has 3 N–H and O–H groups in total. The Labute approximate surface area is 139 Å². The van der Waals surface area contributed by atoms with Crippen molar-refractivity contribution in [1.82, 2.24) is 25.7 Å². The Hall–Kier alpha value is -2.64. The number of aryl methyl sites for hydroxylation is 1. The van der Waals surface area contributed by atoms with Crippen LogP contribution in [0.1, 0.15) is 12.6 Å². The predicted molar refractivity (Wildman–Crippen MR) is 89.4 cm³/mol. The van der Waals surface area contributed by atoms with Gasteiger partial charge in [-0.15, -0.1) is 0 Å². The third-order valence-electron chi connectivity index (χ3n) is 3.62. The van der Waals surface area contributed by atoms with Crippen molar-refractivity contribution >= 4 is 22.8 Å². The van der Waals surface area contributed by atoms with Crippen LogP contribution in [0.15, 0.2) is 24.3 Å². The van der Waals surface area contributed by atoms with Gasteiger partial charge in [0.1, 0.15) is 12.7 Å². The fraction of sp³-hybridized carbons (Fsp3) is 0.438. The highest BCUT2D eigenvalue weighted by atomic mass is 19.1. The second-order valence-corrected chi connectivity index (χ2v) is 5.44. The lowest BCUT2D eigenvalue weighted by Gasteiger charge is -2.14. The number of amides is 3. The van der Waals surface area contributed by atoms with Crippen molar-refractivity contribution in [2.24, 2.45) is 7.05 Å². The Balaban J connectivity index is 1.81. The van der Waals surface area contributed by atoms with Crippen LogP contribution in [0.3, 0.4) is 0 Å². The number of aromatic nitrogens is 2. The first-order chi connectivity index (χ1) is 11.5. The second kappa shape index (κ2) is 8.28. The number of halogens is 1. The zero-order valence-electron chi connectivity index (χ0n) is 13.8. The van der Waals surface area contributed by atoms with Crippen molar-refractivity contribution < 1.29 is 14.0 Å². The maximum absolute atomic E-state index is 12.0. The molecule has 130 valence electrons. The average Bonchev–Trinajstić information content (AvgIpc) is 2.89. The summed E-state index contributed by atoms with van der Waals surface area (Å²) in [6.45, 7) is 1.24. The Morgan fingerprint density at radius 2 is 2.00 bits per heavy atom. The van der Waals surface area contributed by atoms with E-state index in [0.717, 1.165) is 16.6 Å². The van der Waals surface area contributed by atoms with Crippen LogP contribution < -0.4 is 16.0 Å². The van der Waals surface area contributed by atoms with Crippen LogP contribution in [-0.2, 0) is 18.3 Å². The number of hydrogen-bond acceptors (Lipinski definition) is 3. The molecule has 2 rings (SSSR count). The summed E-state index contributed by atoms with van der Waals surface area (Å²) in [7, 11) is 1.88. The first-order valence-corrected chi connectivity index (χ1v) is 7.81. The first kappa shape index (κ1) is 17.7. The Kier molecular flexibility index (Phi) is 6.11. The molecule has 0 aliphatic rings. The van der Waals surface area contributed by atoms with Gasteiger partial charge in [0.05, 0.1) is 11.2 Å². The van der Waals surface area contributed by atoms with Gasteiger partial charge in [0.2, 0.25) is 5.91 Å². The van der Waals surface area contributed by atoms with Gasteiger partial charge in [0.15, 0.2) is 0 Å². The van der Waals surface area contributed by atoms with Crippen molar-refractivity contribution in [3.05, 3.63) is 30.0 Å². The van der Waals surface area contributed by atoms with Gasteiger partial charge in [0.25, 0.3) is 0 Å². The van der Waals surface area contributed by atoms with E-state index < -0.39 is 24.7 Å². The van der Waals surface area contributed by atoms with Gasteiger partial charge >= 0.3 is 6.03 Å². The maximum Gasteiger partial charge on any atom is 0.315 e. The van der Waals surface area contributed by atoms with Gasteiger partial charge in [-0.3, -0.25) is 9.48 Å². The Morgan fingerprint density at radius 1 is 1.25 bits per heavy atom. The minimum absolute atomic E-state index is 0.0563. The summed E-state index contributed by atoms with van der Waals surface area (Å²) in [6, 6.07) is 6.71. The molecule has 0 bridgehead atoms. The van der Waals surface area contributed by atoms with Crippen LogP contribution in [0.25, 0.3) is 10.9 Å². The van der Waals surface area contributed by atoms with Gasteiger partial charge < -0.3 is 16.0 Å². The molecule has 0 spiro atoms. The van der Waals surface area contributed by atoms with E-state index in [1.807, 2.05) is 36.0 Å². The SMILES string of the molecule is C[C@@H](NC(=O)NCCc1nn(C)c2ccccc12)C(=O)NCCF. The summed E-state index contributed by atoms with van der Waals surface area (Å²) in [5.41, 5.74) is 1.94. The molecule has 7 nitrogen and oxygen atoms in total. The molecule has 3 amide bonds. The molecule has 1 aromatic carbocycles. The van der Waals surface area contributed by atoms with Crippen LogP contribution in [0.5, 0.6) is 0 Å². The summed E-state index contributed by atoms with van der Waals surface area (Å²) in [5.74, 6) is -0.418. The van der Waals surface area contributed by atoms with E-state index in [0.29, 0.717) is 13.0 Å². The monoisotopic (exact) mass is 335 g/mol. The number of carbonyl (C=O) groups excluding carboxylic acids is 2. The van der Waals surface area contributed by atoms with Gasteiger partial charge in [-0.25, -0.2) is 9.18 Å². The molecule has 2 aromatic rings. The fourth-order valence-electron chi connectivity index (χ4n) is 2.40. The third-order valence-corrected chi connectivity index (χ3v) is 3.62. The third kappa shape index (κ3) is 4.43. The van der Waals surface area contributed by atoms with Crippen LogP contribution in [0, 0.1) is 0 Å². The molecule has 0 aliphatic heterocycles. The lowest BCUT2D eigenvalue weighted by molar-refractivity contribution is -0.122. The molecule has 0 saturated carbocycles. The van der Waals surface area contributed by atoms with Gasteiger partial charge in [0, 0.05) is 31.9 Å². The summed E-state index contributed by atoms with van der Waals surface area (Å²) in [5, 5.41) is 13.1. The zero-order valence-corrected chi connectivity index (χ0v) is 13.8. The van der Waals surface area contributed by atoms with E-state index in [1.165, 1.54) is 0 Å². The molecule has 1 heterocycles. The zero-order chi connectivity index (χ0) is 17.5. The average molecular weight is 335 g/mol. The summed E-state index contributed by atoms with van der Waals surface area (Å²) < 4.78 is 13.8. The number of alkyl halides is 1. The van der Waals surface area contributed by atoms with E-state index >= 15 is 0 Å². The molecule has 8 heteroatoms. The molecule has 0 unspecified atom stereocenters. The second-order valence-electron chi connectivity index (χ2n) is 5.44. The van der Waals surface area contributed by atoms with Crippen molar-refractivity contribution in [3.63, 3.8) is 0 Å². The fourth-order valence-corrected chi connectivity index (χ4v) is 2.40. The lowest BCUT2D eigenvalue weighted by atomic mass is 10.2. The number of urea groups is 1. The highest BCUT2D eigenvalue weighted by molar-refractivity contribution is 5.86. The largest absolute Gasteiger partial charge is 0.352 e. The van der Waals surface area contributed by atoms with E-state index in [-0.39, 0.29) is 6.54 Å². The predicted octanol–water partition coefficient (Wildman–Crippen LogP) is 0.889. The molecular formula is C16H22FN5O2. The summed E-state index contributed by atoms with van der Waals surface area (Å²) in [4.78, 5) is 23.3. The number of carbonyl (C=O) groups is 2. The smallest absolute Gasteiger partial charge is 0.315 e. The molecule has 0 saturated heterocycles.